The fraction of sp³-hybridized carbons (Fsp3) is 0.462. The van der Waals surface area contributed by atoms with E-state index >= 15 is 0 Å². The lowest BCUT2D eigenvalue weighted by atomic mass is 10.2. The molecular weight excluding hydrogens is 318 g/mol. The lowest BCUT2D eigenvalue weighted by Gasteiger charge is -2.09. The zero-order chi connectivity index (χ0) is 14.4. The highest BCUT2D eigenvalue weighted by atomic mass is 79.9. The molecule has 0 radical (unpaired) electrons. The minimum absolute atomic E-state index is 0.217. The monoisotopic (exact) mass is 334 g/mol. The van der Waals surface area contributed by atoms with Gasteiger partial charge in [-0.15, -0.1) is 0 Å². The fourth-order valence-corrected chi connectivity index (χ4v) is 1.91. The molecule has 0 saturated carbocycles. The number of amides is 1. The molecule has 1 rings (SSSR count). The first-order valence-corrected chi connectivity index (χ1v) is 6.87. The molecule has 1 amide bonds. The average Bonchev–Trinajstić information content (AvgIpc) is 2.29. The highest BCUT2D eigenvalue weighted by Gasteiger charge is 2.13. The van der Waals surface area contributed by atoms with Crippen LogP contribution in [0.5, 0.6) is 0 Å². The molecule has 0 aromatic heterocycles. The zero-order valence-electron chi connectivity index (χ0n) is 10.9. The van der Waals surface area contributed by atoms with Gasteiger partial charge in [0, 0.05) is 16.9 Å². The minimum Gasteiger partial charge on any atom is -0.321 e. The SMILES string of the molecule is CC(C)NCCCC(=O)Nc1c(F)cc(Br)cc1F. The van der Waals surface area contributed by atoms with Crippen LogP contribution in [0.2, 0.25) is 0 Å². The first kappa shape index (κ1) is 16.0. The summed E-state index contributed by atoms with van der Waals surface area (Å²) in [5, 5.41) is 5.42. The second-order valence-electron chi connectivity index (χ2n) is 4.50. The van der Waals surface area contributed by atoms with Gasteiger partial charge in [-0.2, -0.15) is 0 Å². The first-order valence-electron chi connectivity index (χ1n) is 6.08. The second-order valence-corrected chi connectivity index (χ2v) is 5.42. The molecule has 106 valence electrons. The maximum Gasteiger partial charge on any atom is 0.224 e. The molecule has 0 aliphatic rings. The third kappa shape index (κ3) is 5.65. The van der Waals surface area contributed by atoms with Gasteiger partial charge in [-0.05, 0) is 25.1 Å². The molecule has 6 heteroatoms. The summed E-state index contributed by atoms with van der Waals surface area (Å²) in [4.78, 5) is 11.6. The van der Waals surface area contributed by atoms with E-state index in [0.29, 0.717) is 23.5 Å². The van der Waals surface area contributed by atoms with Crippen LogP contribution in [0.1, 0.15) is 26.7 Å². The predicted octanol–water partition coefficient (Wildman–Crippen LogP) is 3.44. The fourth-order valence-electron chi connectivity index (χ4n) is 1.50. The summed E-state index contributed by atoms with van der Waals surface area (Å²) >= 11 is 2.98. The number of benzene rings is 1. The van der Waals surface area contributed by atoms with Gasteiger partial charge in [0.15, 0.2) is 11.6 Å². The Kier molecular flexibility index (Phi) is 6.37. The van der Waals surface area contributed by atoms with Crippen LogP contribution in [0.3, 0.4) is 0 Å². The standard InChI is InChI=1S/C13H17BrF2N2O/c1-8(2)17-5-3-4-12(19)18-13-10(15)6-9(14)7-11(13)16/h6-8,17H,3-5H2,1-2H3,(H,18,19). The molecule has 0 unspecified atom stereocenters. The van der Waals surface area contributed by atoms with Gasteiger partial charge >= 0.3 is 0 Å². The number of rotatable bonds is 6. The van der Waals surface area contributed by atoms with Crippen LogP contribution >= 0.6 is 15.9 Å². The Morgan fingerprint density at radius 3 is 2.42 bits per heavy atom. The predicted molar refractivity (Wildman–Crippen MR) is 75.1 cm³/mol. The Hall–Kier alpha value is -1.01. The number of nitrogens with one attached hydrogen (secondary N) is 2. The quantitative estimate of drug-likeness (QED) is 0.782. The van der Waals surface area contributed by atoms with Crippen LogP contribution in [-0.4, -0.2) is 18.5 Å². The lowest BCUT2D eigenvalue weighted by molar-refractivity contribution is -0.116. The van der Waals surface area contributed by atoms with Crippen molar-refractivity contribution < 1.29 is 13.6 Å². The molecule has 2 N–H and O–H groups in total. The molecule has 19 heavy (non-hydrogen) atoms. The molecule has 0 heterocycles. The average molecular weight is 335 g/mol. The van der Waals surface area contributed by atoms with Gasteiger partial charge in [0.25, 0.3) is 0 Å². The van der Waals surface area contributed by atoms with Crippen molar-refractivity contribution >= 4 is 27.5 Å². The Morgan fingerprint density at radius 1 is 1.32 bits per heavy atom. The normalized spacial score (nSPS) is 10.8. The van der Waals surface area contributed by atoms with E-state index in [4.69, 9.17) is 0 Å². The Morgan fingerprint density at radius 2 is 1.89 bits per heavy atom. The van der Waals surface area contributed by atoms with E-state index in [-0.39, 0.29) is 6.42 Å². The third-order valence-corrected chi connectivity index (χ3v) is 2.86. The molecule has 0 bridgehead atoms. The van der Waals surface area contributed by atoms with Crippen molar-refractivity contribution in [3.8, 4) is 0 Å². The summed E-state index contributed by atoms with van der Waals surface area (Å²) in [6.45, 7) is 4.70. The summed E-state index contributed by atoms with van der Waals surface area (Å²) < 4.78 is 27.2. The Labute approximate surface area is 119 Å². The van der Waals surface area contributed by atoms with Gasteiger partial charge in [0.2, 0.25) is 5.91 Å². The molecule has 1 aromatic rings. The number of hydrogen-bond acceptors (Lipinski definition) is 2. The van der Waals surface area contributed by atoms with Gasteiger partial charge in [-0.3, -0.25) is 4.79 Å². The zero-order valence-corrected chi connectivity index (χ0v) is 12.5. The van der Waals surface area contributed by atoms with Crippen LogP contribution in [-0.2, 0) is 4.79 Å². The van der Waals surface area contributed by atoms with Crippen molar-refractivity contribution in [1.82, 2.24) is 5.32 Å². The molecule has 0 atom stereocenters. The Bertz CT molecular complexity index is 429. The third-order valence-electron chi connectivity index (χ3n) is 2.40. The van der Waals surface area contributed by atoms with Gasteiger partial charge < -0.3 is 10.6 Å². The smallest absolute Gasteiger partial charge is 0.224 e. The molecule has 0 spiro atoms. The number of carbonyl (C=O) groups is 1. The minimum atomic E-state index is -0.791. The van der Waals surface area contributed by atoms with E-state index in [1.54, 1.807) is 0 Å². The molecular formula is C13H17BrF2N2O. The highest BCUT2D eigenvalue weighted by molar-refractivity contribution is 9.10. The van der Waals surface area contributed by atoms with E-state index in [2.05, 4.69) is 26.6 Å². The number of anilines is 1. The summed E-state index contributed by atoms with van der Waals surface area (Å²) in [6, 6.07) is 2.57. The topological polar surface area (TPSA) is 41.1 Å². The van der Waals surface area contributed by atoms with Crippen LogP contribution < -0.4 is 10.6 Å². The van der Waals surface area contributed by atoms with Crippen LogP contribution in [0.15, 0.2) is 16.6 Å². The number of hydrogen-bond donors (Lipinski definition) is 2. The molecule has 0 fully saturated rings. The summed E-state index contributed by atoms with van der Waals surface area (Å²) in [5.74, 6) is -1.98. The Balaban J connectivity index is 2.49. The first-order chi connectivity index (χ1) is 8.90. The molecule has 3 nitrogen and oxygen atoms in total. The van der Waals surface area contributed by atoms with Crippen LogP contribution in [0.4, 0.5) is 14.5 Å². The van der Waals surface area contributed by atoms with E-state index < -0.39 is 23.2 Å². The van der Waals surface area contributed by atoms with Crippen molar-refractivity contribution in [2.24, 2.45) is 0 Å². The van der Waals surface area contributed by atoms with Crippen LogP contribution in [0.25, 0.3) is 0 Å². The lowest BCUT2D eigenvalue weighted by Crippen LogP contribution is -2.25. The molecule has 1 aromatic carbocycles. The second kappa shape index (κ2) is 7.55. The van der Waals surface area contributed by atoms with Crippen molar-refractivity contribution in [2.75, 3.05) is 11.9 Å². The van der Waals surface area contributed by atoms with E-state index in [1.807, 2.05) is 13.8 Å². The van der Waals surface area contributed by atoms with Crippen molar-refractivity contribution in [2.45, 2.75) is 32.7 Å². The van der Waals surface area contributed by atoms with Crippen molar-refractivity contribution in [3.63, 3.8) is 0 Å². The van der Waals surface area contributed by atoms with Crippen molar-refractivity contribution in [1.29, 1.82) is 0 Å². The highest BCUT2D eigenvalue weighted by Crippen LogP contribution is 2.23. The van der Waals surface area contributed by atoms with Gasteiger partial charge in [-0.25, -0.2) is 8.78 Å². The maximum atomic E-state index is 13.5. The summed E-state index contributed by atoms with van der Waals surface area (Å²) in [7, 11) is 0. The summed E-state index contributed by atoms with van der Waals surface area (Å²) in [6.07, 6.45) is 0.832. The van der Waals surface area contributed by atoms with Gasteiger partial charge in [0.1, 0.15) is 5.69 Å². The molecule has 0 aliphatic heterocycles. The summed E-state index contributed by atoms with van der Waals surface area (Å²) in [5.41, 5.74) is -0.398. The van der Waals surface area contributed by atoms with E-state index in [9.17, 15) is 13.6 Å². The molecule has 0 saturated heterocycles. The van der Waals surface area contributed by atoms with Crippen molar-refractivity contribution in [3.05, 3.63) is 28.2 Å². The van der Waals surface area contributed by atoms with Crippen LogP contribution in [0, 0.1) is 11.6 Å². The molecule has 0 aliphatic carbocycles. The van der Waals surface area contributed by atoms with E-state index in [1.165, 1.54) is 0 Å². The number of carbonyl (C=O) groups excluding carboxylic acids is 1. The largest absolute Gasteiger partial charge is 0.321 e. The van der Waals surface area contributed by atoms with Gasteiger partial charge in [0.05, 0.1) is 0 Å². The van der Waals surface area contributed by atoms with Gasteiger partial charge in [-0.1, -0.05) is 29.8 Å². The number of halogens is 3. The van der Waals surface area contributed by atoms with E-state index in [0.717, 1.165) is 12.1 Å². The maximum absolute atomic E-state index is 13.5.